The molecule has 0 aliphatic carbocycles. The van der Waals surface area contributed by atoms with Gasteiger partial charge in [0.25, 0.3) is 0 Å². The molecule has 8 heteroatoms. The zero-order valence-electron chi connectivity index (χ0n) is 11.2. The van der Waals surface area contributed by atoms with E-state index in [1.54, 1.807) is 0 Å². The van der Waals surface area contributed by atoms with Crippen molar-refractivity contribution >= 4 is 0 Å². The molecule has 0 aliphatic rings. The molecule has 2 nitrogen and oxygen atoms in total. The van der Waals surface area contributed by atoms with Gasteiger partial charge in [0.05, 0.1) is 6.61 Å². The molecule has 1 N–H and O–H groups in total. The summed E-state index contributed by atoms with van der Waals surface area (Å²) >= 11 is 0. The summed E-state index contributed by atoms with van der Waals surface area (Å²) in [7, 11) is 0. The van der Waals surface area contributed by atoms with E-state index in [4.69, 9.17) is 0 Å². The van der Waals surface area contributed by atoms with Crippen LogP contribution >= 0.6 is 0 Å². The fraction of sp³-hybridized carbons (Fsp3) is 0.538. The van der Waals surface area contributed by atoms with E-state index in [1.165, 1.54) is 12.1 Å². The molecule has 120 valence electrons. The first-order chi connectivity index (χ1) is 9.67. The minimum absolute atomic E-state index is 0.0663. The van der Waals surface area contributed by atoms with Crippen LogP contribution in [-0.2, 0) is 17.9 Å². The van der Waals surface area contributed by atoms with Crippen LogP contribution in [0.5, 0.6) is 0 Å². The Morgan fingerprint density at radius 3 is 2.38 bits per heavy atom. The van der Waals surface area contributed by atoms with E-state index >= 15 is 0 Å². The first kappa shape index (κ1) is 17.8. The molecule has 0 saturated carbocycles. The van der Waals surface area contributed by atoms with Crippen molar-refractivity contribution in [3.63, 3.8) is 0 Å². The number of ether oxygens (including phenoxy) is 1. The van der Waals surface area contributed by atoms with Crippen molar-refractivity contribution in [2.45, 2.75) is 32.2 Å². The van der Waals surface area contributed by atoms with Gasteiger partial charge in [0.15, 0.2) is 0 Å². The van der Waals surface area contributed by atoms with Gasteiger partial charge in [-0.2, -0.15) is 22.0 Å². The van der Waals surface area contributed by atoms with Crippen molar-refractivity contribution in [3.05, 3.63) is 35.1 Å². The van der Waals surface area contributed by atoms with Gasteiger partial charge in [-0.1, -0.05) is 13.0 Å². The second-order valence-corrected chi connectivity index (χ2v) is 4.40. The Morgan fingerprint density at radius 2 is 1.81 bits per heavy atom. The Hall–Kier alpha value is -1.28. The third-order valence-corrected chi connectivity index (χ3v) is 2.64. The lowest BCUT2D eigenvalue weighted by molar-refractivity contribution is -0.297. The van der Waals surface area contributed by atoms with Crippen molar-refractivity contribution in [3.8, 4) is 0 Å². The summed E-state index contributed by atoms with van der Waals surface area (Å²) < 4.78 is 78.8. The highest BCUT2D eigenvalue weighted by atomic mass is 19.4. The Kier molecular flexibility index (Phi) is 6.03. The van der Waals surface area contributed by atoms with Crippen LogP contribution in [0.2, 0.25) is 0 Å². The lowest BCUT2D eigenvalue weighted by atomic mass is 10.1. The predicted molar refractivity (Wildman–Crippen MR) is 64.4 cm³/mol. The topological polar surface area (TPSA) is 21.3 Å². The highest BCUT2D eigenvalue weighted by Gasteiger charge is 2.57. The highest BCUT2D eigenvalue weighted by Crippen LogP contribution is 2.35. The SMILES string of the molecule is CCNCc1ccc(F)c(COCC(F)(F)C(F)(F)F)c1. The van der Waals surface area contributed by atoms with Gasteiger partial charge in [-0.3, -0.25) is 0 Å². The zero-order valence-corrected chi connectivity index (χ0v) is 11.2. The van der Waals surface area contributed by atoms with Crippen molar-refractivity contribution in [2.75, 3.05) is 13.2 Å². The molecule has 0 radical (unpaired) electrons. The van der Waals surface area contributed by atoms with E-state index in [9.17, 15) is 26.3 Å². The average molecular weight is 315 g/mol. The lowest BCUT2D eigenvalue weighted by Crippen LogP contribution is -2.40. The first-order valence-electron chi connectivity index (χ1n) is 6.17. The Balaban J connectivity index is 2.63. The van der Waals surface area contributed by atoms with Crippen LogP contribution in [0.4, 0.5) is 26.3 Å². The Labute approximate surface area is 118 Å². The third-order valence-electron chi connectivity index (χ3n) is 2.64. The molecule has 0 aromatic heterocycles. The zero-order chi connectivity index (χ0) is 16.1. The molecule has 0 heterocycles. The molecule has 1 aromatic carbocycles. The molecule has 0 spiro atoms. The van der Waals surface area contributed by atoms with Gasteiger partial charge in [0.1, 0.15) is 12.4 Å². The van der Waals surface area contributed by atoms with Crippen molar-refractivity contribution < 1.29 is 31.1 Å². The fourth-order valence-corrected chi connectivity index (χ4v) is 1.49. The normalized spacial score (nSPS) is 12.7. The van der Waals surface area contributed by atoms with Gasteiger partial charge in [-0.25, -0.2) is 4.39 Å². The van der Waals surface area contributed by atoms with Gasteiger partial charge in [0.2, 0.25) is 0 Å². The summed E-state index contributed by atoms with van der Waals surface area (Å²) in [5, 5.41) is 2.98. The third kappa shape index (κ3) is 5.20. The lowest BCUT2D eigenvalue weighted by Gasteiger charge is -2.19. The molecule has 21 heavy (non-hydrogen) atoms. The van der Waals surface area contributed by atoms with Crippen LogP contribution in [0.1, 0.15) is 18.1 Å². The quantitative estimate of drug-likeness (QED) is 0.776. The van der Waals surface area contributed by atoms with Crippen LogP contribution in [0.25, 0.3) is 0 Å². The summed E-state index contributed by atoms with van der Waals surface area (Å²) in [5.41, 5.74) is 0.614. The maximum absolute atomic E-state index is 13.4. The largest absolute Gasteiger partial charge is 0.455 e. The molecule has 0 fully saturated rings. The first-order valence-corrected chi connectivity index (χ1v) is 6.17. The molecule has 0 aliphatic heterocycles. The average Bonchev–Trinajstić information content (AvgIpc) is 2.38. The number of hydrogen-bond donors (Lipinski definition) is 1. The standard InChI is InChI=1S/C13H15F6NO/c1-2-20-6-9-3-4-11(14)10(5-9)7-21-8-12(15,16)13(17,18)19/h3-5,20H,2,6-8H2,1H3. The van der Waals surface area contributed by atoms with Crippen molar-refractivity contribution in [1.82, 2.24) is 5.32 Å². The van der Waals surface area contributed by atoms with Crippen LogP contribution in [0, 0.1) is 5.82 Å². The number of rotatable bonds is 7. The molecule has 1 aromatic rings. The van der Waals surface area contributed by atoms with E-state index in [-0.39, 0.29) is 5.56 Å². The molecular weight excluding hydrogens is 300 g/mol. The maximum Gasteiger partial charge on any atom is 0.455 e. The van der Waals surface area contributed by atoms with Crippen LogP contribution in [-0.4, -0.2) is 25.3 Å². The number of hydrogen-bond acceptors (Lipinski definition) is 2. The summed E-state index contributed by atoms with van der Waals surface area (Å²) in [6, 6.07) is 3.98. The fourth-order valence-electron chi connectivity index (χ4n) is 1.49. The molecule has 1 rings (SSSR count). The predicted octanol–water partition coefficient (Wildman–Crippen LogP) is 3.65. The Bertz CT molecular complexity index is 460. The Morgan fingerprint density at radius 1 is 1.14 bits per heavy atom. The van der Waals surface area contributed by atoms with Crippen LogP contribution < -0.4 is 5.32 Å². The summed E-state index contributed by atoms with van der Waals surface area (Å²) in [4.78, 5) is 0. The second kappa shape index (κ2) is 7.13. The summed E-state index contributed by atoms with van der Waals surface area (Å²) in [6.07, 6.45) is -5.68. The van der Waals surface area contributed by atoms with E-state index in [0.717, 1.165) is 6.07 Å². The van der Waals surface area contributed by atoms with Gasteiger partial charge < -0.3 is 10.1 Å². The molecule has 0 unspecified atom stereocenters. The van der Waals surface area contributed by atoms with Crippen LogP contribution in [0.3, 0.4) is 0 Å². The van der Waals surface area contributed by atoms with E-state index in [2.05, 4.69) is 10.1 Å². The molecule has 0 saturated heterocycles. The molecule has 0 amide bonds. The number of nitrogens with one attached hydrogen (secondary N) is 1. The van der Waals surface area contributed by atoms with Gasteiger partial charge in [-0.15, -0.1) is 0 Å². The van der Waals surface area contributed by atoms with Gasteiger partial charge in [-0.05, 0) is 24.2 Å². The van der Waals surface area contributed by atoms with E-state index < -0.39 is 31.1 Å². The second-order valence-electron chi connectivity index (χ2n) is 4.40. The van der Waals surface area contributed by atoms with Crippen molar-refractivity contribution in [1.29, 1.82) is 0 Å². The summed E-state index contributed by atoms with van der Waals surface area (Å²) in [5.74, 6) is -5.67. The molecule has 0 bridgehead atoms. The van der Waals surface area contributed by atoms with E-state index in [0.29, 0.717) is 18.7 Å². The minimum Gasteiger partial charge on any atom is -0.370 e. The van der Waals surface area contributed by atoms with Gasteiger partial charge in [0, 0.05) is 12.1 Å². The number of halogens is 6. The summed E-state index contributed by atoms with van der Waals surface area (Å²) in [6.45, 7) is 0.487. The number of benzene rings is 1. The smallest absolute Gasteiger partial charge is 0.370 e. The molecular formula is C13H15F6NO. The highest BCUT2D eigenvalue weighted by molar-refractivity contribution is 5.24. The van der Waals surface area contributed by atoms with Crippen molar-refractivity contribution in [2.24, 2.45) is 0 Å². The molecule has 0 atom stereocenters. The maximum atomic E-state index is 13.4. The van der Waals surface area contributed by atoms with Crippen LogP contribution in [0.15, 0.2) is 18.2 Å². The monoisotopic (exact) mass is 315 g/mol. The van der Waals surface area contributed by atoms with E-state index in [1.807, 2.05) is 6.92 Å². The minimum atomic E-state index is -5.68. The number of alkyl halides is 5. The van der Waals surface area contributed by atoms with Gasteiger partial charge >= 0.3 is 12.1 Å².